The van der Waals surface area contributed by atoms with Gasteiger partial charge >= 0.3 is 5.97 Å². The van der Waals surface area contributed by atoms with Gasteiger partial charge in [-0.15, -0.1) is 0 Å². The van der Waals surface area contributed by atoms with E-state index in [-0.39, 0.29) is 24.7 Å². The summed E-state index contributed by atoms with van der Waals surface area (Å²) in [6.07, 6.45) is 2.69. The third-order valence-corrected chi connectivity index (χ3v) is 2.58. The molecule has 0 bridgehead atoms. The van der Waals surface area contributed by atoms with Crippen LogP contribution < -0.4 is 16.4 Å². The number of nitrogens with two attached hydrogens (primary N) is 1. The highest BCUT2D eigenvalue weighted by atomic mass is 16.5. The molecule has 0 saturated heterocycles. The first kappa shape index (κ1) is 15.7. The number of methoxy groups -OCH3 is 1. The number of amides is 1. The summed E-state index contributed by atoms with van der Waals surface area (Å²) >= 11 is 0. The van der Waals surface area contributed by atoms with Gasteiger partial charge in [-0.3, -0.25) is 9.59 Å². The third-order valence-electron chi connectivity index (χ3n) is 2.58. The molecule has 0 spiro atoms. The van der Waals surface area contributed by atoms with Crippen molar-refractivity contribution in [2.75, 3.05) is 31.2 Å². The van der Waals surface area contributed by atoms with Crippen LogP contribution in [0.25, 0.3) is 0 Å². The summed E-state index contributed by atoms with van der Waals surface area (Å²) < 4.78 is 4.46. The Kier molecular flexibility index (Phi) is 6.88. The van der Waals surface area contributed by atoms with Crippen molar-refractivity contribution >= 4 is 23.4 Å². The molecule has 0 aliphatic carbocycles. The Balaban J connectivity index is 2.05. The first-order valence-electron chi connectivity index (χ1n) is 6.40. The average Bonchev–Trinajstić information content (AvgIpc) is 2.46. The minimum atomic E-state index is -0.377. The van der Waals surface area contributed by atoms with Crippen LogP contribution in [-0.4, -0.2) is 37.1 Å². The predicted molar refractivity (Wildman–Crippen MR) is 76.0 cm³/mol. The van der Waals surface area contributed by atoms with E-state index >= 15 is 0 Å². The number of rotatable bonds is 8. The van der Waals surface area contributed by atoms with E-state index in [1.54, 1.807) is 12.3 Å². The van der Waals surface area contributed by atoms with Crippen molar-refractivity contribution in [3.63, 3.8) is 0 Å². The molecule has 0 aliphatic rings. The number of nitrogens with zero attached hydrogens (tertiary/aromatic N) is 1. The van der Waals surface area contributed by atoms with Crippen LogP contribution in [0.1, 0.15) is 19.3 Å². The lowest BCUT2D eigenvalue weighted by molar-refractivity contribution is -0.142. The molecule has 0 aliphatic heterocycles. The lowest BCUT2D eigenvalue weighted by Crippen LogP contribution is -2.26. The molecule has 0 atom stereocenters. The summed E-state index contributed by atoms with van der Waals surface area (Å²) in [4.78, 5) is 26.2. The highest BCUT2D eigenvalue weighted by molar-refractivity contribution is 5.81. The normalized spacial score (nSPS) is 9.85. The van der Waals surface area contributed by atoms with E-state index in [4.69, 9.17) is 5.73 Å². The van der Waals surface area contributed by atoms with Crippen LogP contribution in [0.2, 0.25) is 0 Å². The Morgan fingerprint density at radius 2 is 2.10 bits per heavy atom. The molecule has 0 radical (unpaired) electrons. The van der Waals surface area contributed by atoms with Crippen LogP contribution in [-0.2, 0) is 14.3 Å². The summed E-state index contributed by atoms with van der Waals surface area (Å²) in [5.41, 5.74) is 6.36. The van der Waals surface area contributed by atoms with Crippen molar-refractivity contribution in [1.82, 2.24) is 10.3 Å². The molecule has 1 heterocycles. The Morgan fingerprint density at radius 1 is 1.30 bits per heavy atom. The number of anilines is 2. The van der Waals surface area contributed by atoms with Gasteiger partial charge in [0, 0.05) is 19.5 Å². The molecule has 7 nitrogen and oxygen atoms in total. The molecule has 4 N–H and O–H groups in total. The van der Waals surface area contributed by atoms with Gasteiger partial charge in [0.2, 0.25) is 5.91 Å². The van der Waals surface area contributed by atoms with Crippen LogP contribution in [0.3, 0.4) is 0 Å². The van der Waals surface area contributed by atoms with E-state index in [9.17, 15) is 9.59 Å². The lowest BCUT2D eigenvalue weighted by Gasteiger charge is -2.07. The third kappa shape index (κ3) is 6.58. The Labute approximate surface area is 117 Å². The number of aromatic nitrogens is 1. The second-order valence-electron chi connectivity index (χ2n) is 4.18. The predicted octanol–water partition coefficient (Wildman–Crippen LogP) is 0.535. The maximum atomic E-state index is 11.4. The van der Waals surface area contributed by atoms with Crippen molar-refractivity contribution in [2.24, 2.45) is 0 Å². The lowest BCUT2D eigenvalue weighted by atomic mass is 10.3. The van der Waals surface area contributed by atoms with Crippen molar-refractivity contribution in [2.45, 2.75) is 19.3 Å². The summed E-state index contributed by atoms with van der Waals surface area (Å²) in [6.45, 7) is 1.26. The fraction of sp³-hybridized carbons (Fsp3) is 0.462. The quantitative estimate of drug-likeness (QED) is 0.474. The molecule has 1 amide bonds. The zero-order valence-electron chi connectivity index (χ0n) is 11.5. The minimum absolute atomic E-state index is 0.109. The maximum Gasteiger partial charge on any atom is 0.306 e. The van der Waals surface area contributed by atoms with Crippen LogP contribution in [0, 0.1) is 0 Å². The maximum absolute atomic E-state index is 11.4. The molecule has 0 fully saturated rings. The second kappa shape index (κ2) is 8.73. The molecule has 7 heteroatoms. The van der Waals surface area contributed by atoms with E-state index in [1.165, 1.54) is 7.11 Å². The summed E-state index contributed by atoms with van der Waals surface area (Å²) in [5, 5.41) is 5.90. The molecular formula is C13H20N4O3. The Hall–Kier alpha value is -2.31. The van der Waals surface area contributed by atoms with Crippen LogP contribution in [0.4, 0.5) is 11.5 Å². The molecule has 20 heavy (non-hydrogen) atoms. The van der Waals surface area contributed by atoms with Crippen molar-refractivity contribution in [3.8, 4) is 0 Å². The van der Waals surface area contributed by atoms with E-state index < -0.39 is 0 Å². The number of ether oxygens (including phenoxy) is 1. The molecule has 110 valence electrons. The number of hydrogen-bond acceptors (Lipinski definition) is 6. The Bertz CT molecular complexity index is 434. The van der Waals surface area contributed by atoms with Gasteiger partial charge in [0.15, 0.2) is 0 Å². The van der Waals surface area contributed by atoms with Gasteiger partial charge in [-0.05, 0) is 18.6 Å². The van der Waals surface area contributed by atoms with Gasteiger partial charge in [0.05, 0.1) is 25.4 Å². The molecule has 1 aromatic heterocycles. The molecule has 0 saturated carbocycles. The first-order valence-corrected chi connectivity index (χ1v) is 6.40. The topological polar surface area (TPSA) is 106 Å². The largest absolute Gasteiger partial charge is 0.469 e. The number of carbonyl (C=O) groups excluding carboxylic acids is 2. The zero-order chi connectivity index (χ0) is 14.8. The highest BCUT2D eigenvalue weighted by Crippen LogP contribution is 2.06. The van der Waals surface area contributed by atoms with E-state index in [0.29, 0.717) is 18.9 Å². The number of carbonyl (C=O) groups is 2. The van der Waals surface area contributed by atoms with E-state index in [1.807, 2.05) is 6.07 Å². The van der Waals surface area contributed by atoms with E-state index in [0.717, 1.165) is 12.1 Å². The number of esters is 1. The summed E-state index contributed by atoms with van der Waals surface area (Å²) in [7, 11) is 1.30. The fourth-order valence-electron chi connectivity index (χ4n) is 1.46. The van der Waals surface area contributed by atoms with E-state index in [2.05, 4.69) is 20.4 Å². The molecule has 1 rings (SSSR count). The van der Waals surface area contributed by atoms with Crippen LogP contribution in [0.5, 0.6) is 0 Å². The fourth-order valence-corrected chi connectivity index (χ4v) is 1.46. The van der Waals surface area contributed by atoms with Gasteiger partial charge in [-0.2, -0.15) is 0 Å². The molecule has 0 aromatic carbocycles. The van der Waals surface area contributed by atoms with Crippen LogP contribution >= 0.6 is 0 Å². The number of hydrogen-bond donors (Lipinski definition) is 3. The molecule has 1 aromatic rings. The summed E-state index contributed by atoms with van der Waals surface area (Å²) in [6, 6.07) is 3.56. The van der Waals surface area contributed by atoms with Crippen LogP contribution in [0.15, 0.2) is 18.3 Å². The first-order chi connectivity index (χ1) is 9.61. The van der Waals surface area contributed by atoms with Gasteiger partial charge < -0.3 is 21.1 Å². The SMILES string of the molecule is COC(=O)CCC(=O)NCCCNc1ccc(N)nc1. The number of nitrogen functional groups attached to an aromatic ring is 1. The smallest absolute Gasteiger partial charge is 0.306 e. The molecular weight excluding hydrogens is 260 g/mol. The molecule has 0 unspecified atom stereocenters. The minimum Gasteiger partial charge on any atom is -0.469 e. The zero-order valence-corrected chi connectivity index (χ0v) is 11.5. The average molecular weight is 280 g/mol. The monoisotopic (exact) mass is 280 g/mol. The summed E-state index contributed by atoms with van der Waals surface area (Å²) in [5.74, 6) is -0.0457. The second-order valence-corrected chi connectivity index (χ2v) is 4.18. The van der Waals surface area contributed by atoms with Gasteiger partial charge in [0.25, 0.3) is 0 Å². The van der Waals surface area contributed by atoms with Crippen molar-refractivity contribution in [1.29, 1.82) is 0 Å². The van der Waals surface area contributed by atoms with Crippen molar-refractivity contribution in [3.05, 3.63) is 18.3 Å². The van der Waals surface area contributed by atoms with Gasteiger partial charge in [-0.1, -0.05) is 0 Å². The highest BCUT2D eigenvalue weighted by Gasteiger charge is 2.05. The standard InChI is InChI=1S/C13H20N4O3/c1-20-13(19)6-5-12(18)16-8-2-7-15-10-3-4-11(14)17-9-10/h3-4,9,15H,2,5-8H2,1H3,(H2,14,17)(H,16,18). The van der Waals surface area contributed by atoms with Gasteiger partial charge in [0.1, 0.15) is 5.82 Å². The Morgan fingerprint density at radius 3 is 2.75 bits per heavy atom. The van der Waals surface area contributed by atoms with Crippen molar-refractivity contribution < 1.29 is 14.3 Å². The number of nitrogens with one attached hydrogen (secondary N) is 2. The van der Waals surface area contributed by atoms with Gasteiger partial charge in [-0.25, -0.2) is 4.98 Å². The number of pyridine rings is 1.